The number of esters is 1. The van der Waals surface area contributed by atoms with E-state index in [0.717, 1.165) is 11.6 Å². The van der Waals surface area contributed by atoms with Crippen LogP contribution in [0.5, 0.6) is 17.2 Å². The van der Waals surface area contributed by atoms with Crippen LogP contribution in [-0.2, 0) is 16.1 Å². The summed E-state index contributed by atoms with van der Waals surface area (Å²) in [4.78, 5) is 35.4. The van der Waals surface area contributed by atoms with Crippen LogP contribution in [-0.4, -0.2) is 43.2 Å². The molecule has 30 heavy (non-hydrogen) atoms. The quantitative estimate of drug-likeness (QED) is 0.414. The average molecular weight is 416 g/mol. The Bertz CT molecular complexity index is 958. The van der Waals surface area contributed by atoms with Gasteiger partial charge in [0.25, 0.3) is 11.6 Å². The fraction of sp³-hybridized carbons (Fsp3) is 0.300. The summed E-state index contributed by atoms with van der Waals surface area (Å²) in [6, 6.07) is 9.39. The number of carbonyl (C=O) groups excluding carboxylic acids is 2. The molecule has 10 nitrogen and oxygen atoms in total. The van der Waals surface area contributed by atoms with Gasteiger partial charge in [-0.25, -0.2) is 4.79 Å². The van der Waals surface area contributed by atoms with Crippen LogP contribution in [0.2, 0.25) is 0 Å². The second-order valence-electron chi connectivity index (χ2n) is 6.38. The number of carbonyl (C=O) groups is 2. The van der Waals surface area contributed by atoms with Gasteiger partial charge in [-0.3, -0.25) is 14.9 Å². The Labute approximate surface area is 171 Å². The van der Waals surface area contributed by atoms with E-state index < -0.39 is 28.6 Å². The van der Waals surface area contributed by atoms with E-state index in [1.54, 1.807) is 31.4 Å². The SMILES string of the molecule is COc1ccc(CNC(=O)[C@@H](C)OC(=O)c2cc3c(cc2[N+](=O)[O-])OCCO3)cc1. The van der Waals surface area contributed by atoms with Gasteiger partial charge in [-0.2, -0.15) is 0 Å². The summed E-state index contributed by atoms with van der Waals surface area (Å²) in [7, 11) is 1.55. The number of nitro benzene ring substituents is 1. The minimum Gasteiger partial charge on any atom is -0.497 e. The molecule has 0 spiro atoms. The van der Waals surface area contributed by atoms with Gasteiger partial charge in [0.2, 0.25) is 0 Å². The maximum atomic E-state index is 12.5. The average Bonchev–Trinajstić information content (AvgIpc) is 2.76. The first-order valence-electron chi connectivity index (χ1n) is 9.08. The van der Waals surface area contributed by atoms with Crippen molar-refractivity contribution in [1.29, 1.82) is 0 Å². The van der Waals surface area contributed by atoms with Gasteiger partial charge in [-0.15, -0.1) is 0 Å². The van der Waals surface area contributed by atoms with Crippen molar-refractivity contribution in [3.8, 4) is 17.2 Å². The normalized spacial score (nSPS) is 13.1. The third kappa shape index (κ3) is 4.77. The number of rotatable bonds is 7. The van der Waals surface area contributed by atoms with Gasteiger partial charge in [0.05, 0.1) is 18.1 Å². The Morgan fingerprint density at radius 3 is 2.40 bits per heavy atom. The van der Waals surface area contributed by atoms with Crippen molar-refractivity contribution in [3.05, 3.63) is 57.6 Å². The van der Waals surface area contributed by atoms with Crippen molar-refractivity contribution in [3.63, 3.8) is 0 Å². The number of hydrogen-bond acceptors (Lipinski definition) is 8. The van der Waals surface area contributed by atoms with Crippen LogP contribution < -0.4 is 19.5 Å². The molecule has 0 aliphatic carbocycles. The molecule has 2 aromatic rings. The number of fused-ring (bicyclic) bond motifs is 1. The number of nitrogens with one attached hydrogen (secondary N) is 1. The number of nitro groups is 1. The summed E-state index contributed by atoms with van der Waals surface area (Å²) in [5, 5.41) is 14.0. The number of hydrogen-bond donors (Lipinski definition) is 1. The third-order valence-corrected chi connectivity index (χ3v) is 4.36. The predicted molar refractivity (Wildman–Crippen MR) is 104 cm³/mol. The highest BCUT2D eigenvalue weighted by atomic mass is 16.6. The van der Waals surface area contributed by atoms with Crippen LogP contribution in [0.4, 0.5) is 5.69 Å². The maximum Gasteiger partial charge on any atom is 0.346 e. The molecule has 10 heteroatoms. The summed E-state index contributed by atoms with van der Waals surface area (Å²) >= 11 is 0. The van der Waals surface area contributed by atoms with Gasteiger partial charge in [0.1, 0.15) is 24.5 Å². The number of methoxy groups -OCH3 is 1. The summed E-state index contributed by atoms with van der Waals surface area (Å²) in [5.74, 6) is -0.483. The summed E-state index contributed by atoms with van der Waals surface area (Å²) < 4.78 is 20.9. The van der Waals surface area contributed by atoms with E-state index in [1.807, 2.05) is 0 Å². The smallest absolute Gasteiger partial charge is 0.346 e. The van der Waals surface area contributed by atoms with Crippen molar-refractivity contribution in [1.82, 2.24) is 5.32 Å². The molecule has 0 bridgehead atoms. The van der Waals surface area contributed by atoms with Gasteiger partial charge >= 0.3 is 5.97 Å². The Kier molecular flexibility index (Phi) is 6.35. The lowest BCUT2D eigenvalue weighted by molar-refractivity contribution is -0.385. The maximum absolute atomic E-state index is 12.5. The first-order valence-corrected chi connectivity index (χ1v) is 9.08. The van der Waals surface area contributed by atoms with Gasteiger partial charge in [0.15, 0.2) is 17.6 Å². The third-order valence-electron chi connectivity index (χ3n) is 4.36. The lowest BCUT2D eigenvalue weighted by Crippen LogP contribution is -2.35. The van der Waals surface area contributed by atoms with E-state index in [2.05, 4.69) is 5.32 Å². The van der Waals surface area contributed by atoms with Crippen LogP contribution in [0.15, 0.2) is 36.4 Å². The van der Waals surface area contributed by atoms with Crippen LogP contribution >= 0.6 is 0 Å². The molecule has 1 amide bonds. The molecule has 3 rings (SSSR count). The Balaban J connectivity index is 1.65. The molecular weight excluding hydrogens is 396 g/mol. The number of nitrogens with zero attached hydrogens (tertiary/aromatic N) is 1. The van der Waals surface area contributed by atoms with E-state index in [1.165, 1.54) is 13.0 Å². The van der Waals surface area contributed by atoms with Crippen molar-refractivity contribution < 1.29 is 33.5 Å². The Morgan fingerprint density at radius 1 is 1.17 bits per heavy atom. The molecule has 1 heterocycles. The molecule has 158 valence electrons. The zero-order valence-corrected chi connectivity index (χ0v) is 16.4. The summed E-state index contributed by atoms with van der Waals surface area (Å²) in [6.45, 7) is 2.10. The fourth-order valence-electron chi connectivity index (χ4n) is 2.75. The van der Waals surface area contributed by atoms with Crippen molar-refractivity contribution in [2.24, 2.45) is 0 Å². The Hall–Kier alpha value is -3.82. The summed E-state index contributed by atoms with van der Waals surface area (Å²) in [5.41, 5.74) is 0.0132. The van der Waals surface area contributed by atoms with Crippen molar-refractivity contribution in [2.75, 3.05) is 20.3 Å². The van der Waals surface area contributed by atoms with Crippen LogP contribution in [0.3, 0.4) is 0 Å². The largest absolute Gasteiger partial charge is 0.497 e. The number of amides is 1. The van der Waals surface area contributed by atoms with Crippen molar-refractivity contribution in [2.45, 2.75) is 19.6 Å². The molecule has 0 unspecified atom stereocenters. The number of ether oxygens (including phenoxy) is 4. The first-order chi connectivity index (χ1) is 14.4. The van der Waals surface area contributed by atoms with Crippen LogP contribution in [0.1, 0.15) is 22.8 Å². The fourth-order valence-corrected chi connectivity index (χ4v) is 2.75. The highest BCUT2D eigenvalue weighted by Crippen LogP contribution is 2.37. The van der Waals surface area contributed by atoms with E-state index in [9.17, 15) is 19.7 Å². The highest BCUT2D eigenvalue weighted by molar-refractivity contribution is 5.96. The zero-order chi connectivity index (χ0) is 21.7. The first kappa shape index (κ1) is 20.9. The van der Waals surface area contributed by atoms with Crippen LogP contribution in [0.25, 0.3) is 0 Å². The molecule has 0 aromatic heterocycles. The Morgan fingerprint density at radius 2 is 1.80 bits per heavy atom. The minimum atomic E-state index is -1.16. The standard InChI is InChI=1S/C20H20N2O8/c1-12(19(23)21-11-13-3-5-14(27-2)6-4-13)30-20(24)15-9-17-18(29-8-7-28-17)10-16(15)22(25)26/h3-6,9-10,12H,7-8,11H2,1-2H3,(H,21,23)/t12-/m1/s1. The van der Waals surface area contributed by atoms with Crippen LogP contribution in [0, 0.1) is 10.1 Å². The second-order valence-corrected chi connectivity index (χ2v) is 6.38. The molecule has 1 atom stereocenters. The molecule has 1 aliphatic rings. The van der Waals surface area contributed by atoms with Gasteiger partial charge in [-0.05, 0) is 24.6 Å². The number of benzene rings is 2. The summed E-state index contributed by atoms with van der Waals surface area (Å²) in [6.07, 6.45) is -1.16. The zero-order valence-electron chi connectivity index (χ0n) is 16.4. The molecular formula is C20H20N2O8. The lowest BCUT2D eigenvalue weighted by atomic mass is 10.1. The van der Waals surface area contributed by atoms with Gasteiger partial charge in [0, 0.05) is 12.6 Å². The predicted octanol–water partition coefficient (Wildman–Crippen LogP) is 2.24. The minimum absolute atomic E-state index is 0.176. The monoisotopic (exact) mass is 416 g/mol. The molecule has 0 radical (unpaired) electrons. The van der Waals surface area contributed by atoms with E-state index in [-0.39, 0.29) is 36.8 Å². The van der Waals surface area contributed by atoms with Crippen molar-refractivity contribution >= 4 is 17.6 Å². The lowest BCUT2D eigenvalue weighted by Gasteiger charge is -2.19. The van der Waals surface area contributed by atoms with E-state index in [4.69, 9.17) is 18.9 Å². The molecule has 0 saturated carbocycles. The second kappa shape index (κ2) is 9.12. The highest BCUT2D eigenvalue weighted by Gasteiger charge is 2.29. The molecule has 0 saturated heterocycles. The van der Waals surface area contributed by atoms with E-state index in [0.29, 0.717) is 5.75 Å². The topological polar surface area (TPSA) is 126 Å². The van der Waals surface area contributed by atoms with E-state index >= 15 is 0 Å². The van der Waals surface area contributed by atoms with Gasteiger partial charge < -0.3 is 24.3 Å². The molecule has 0 fully saturated rings. The molecule has 1 N–H and O–H groups in total. The van der Waals surface area contributed by atoms with Gasteiger partial charge in [-0.1, -0.05) is 12.1 Å². The molecule has 1 aliphatic heterocycles. The molecule has 2 aromatic carbocycles.